The van der Waals surface area contributed by atoms with E-state index in [1.165, 1.54) is 0 Å². The summed E-state index contributed by atoms with van der Waals surface area (Å²) in [6.45, 7) is 6.30. The van der Waals surface area contributed by atoms with Crippen LogP contribution in [0.1, 0.15) is 26.3 Å². The van der Waals surface area contributed by atoms with Gasteiger partial charge in [0.2, 0.25) is 0 Å². The van der Waals surface area contributed by atoms with Gasteiger partial charge in [0.15, 0.2) is 0 Å². The van der Waals surface area contributed by atoms with Gasteiger partial charge in [0.1, 0.15) is 5.75 Å². The molecule has 1 aromatic rings. The third-order valence-corrected chi connectivity index (χ3v) is 2.96. The lowest BCUT2D eigenvalue weighted by Gasteiger charge is -2.19. The molecule has 1 aromatic carbocycles. The van der Waals surface area contributed by atoms with Crippen molar-refractivity contribution in [2.75, 3.05) is 0 Å². The van der Waals surface area contributed by atoms with Crippen molar-refractivity contribution in [3.8, 4) is 5.75 Å². The maximum absolute atomic E-state index is 10.7. The first kappa shape index (κ1) is 12.8. The van der Waals surface area contributed by atoms with E-state index >= 15 is 0 Å². The highest BCUT2D eigenvalue weighted by atomic mass is 127. The second kappa shape index (κ2) is 4.70. The Morgan fingerprint density at radius 2 is 2.00 bits per heavy atom. The molecule has 0 aliphatic carbocycles. The summed E-state index contributed by atoms with van der Waals surface area (Å²) in [5.74, 6) is 0.517. The van der Waals surface area contributed by atoms with E-state index in [0.29, 0.717) is 5.75 Å². The summed E-state index contributed by atoms with van der Waals surface area (Å²) >= 11 is 7.29. The summed E-state index contributed by atoms with van der Waals surface area (Å²) in [4.78, 5) is 10.7. The molecule has 2 nitrogen and oxygen atoms in total. The summed E-state index contributed by atoms with van der Waals surface area (Å²) < 4.78 is 5.77. The van der Waals surface area contributed by atoms with Gasteiger partial charge in [-0.05, 0) is 45.7 Å². The van der Waals surface area contributed by atoms with Crippen molar-refractivity contribution < 1.29 is 9.53 Å². The summed E-state index contributed by atoms with van der Waals surface area (Å²) in [6, 6.07) is 5.78. The summed E-state index contributed by atoms with van der Waals surface area (Å²) in [7, 11) is 0. The lowest BCUT2D eigenvalue weighted by Crippen LogP contribution is -2.11. The highest BCUT2D eigenvalue weighted by molar-refractivity contribution is 14.1. The molecule has 0 N–H and O–H groups in total. The van der Waals surface area contributed by atoms with Crippen LogP contribution in [-0.4, -0.2) is 5.43 Å². The van der Waals surface area contributed by atoms with Crippen LogP contribution in [0.5, 0.6) is 5.75 Å². The molecule has 15 heavy (non-hydrogen) atoms. The van der Waals surface area contributed by atoms with E-state index in [4.69, 9.17) is 16.3 Å². The highest BCUT2D eigenvalue weighted by Gasteiger charge is 2.16. The molecule has 0 spiro atoms. The molecule has 4 heteroatoms. The number of carbonyl (C=O) groups is 1. The predicted molar refractivity (Wildman–Crippen MR) is 69.7 cm³/mol. The van der Waals surface area contributed by atoms with Crippen LogP contribution in [0.15, 0.2) is 18.2 Å². The van der Waals surface area contributed by atoms with Crippen molar-refractivity contribution in [3.05, 3.63) is 27.3 Å². The van der Waals surface area contributed by atoms with Crippen LogP contribution in [-0.2, 0) is 5.41 Å². The Bertz CT molecular complexity index is 383. The smallest absolute Gasteiger partial charge is 0.409 e. The van der Waals surface area contributed by atoms with E-state index in [0.717, 1.165) is 9.13 Å². The van der Waals surface area contributed by atoms with E-state index in [2.05, 4.69) is 43.4 Å². The van der Waals surface area contributed by atoms with Gasteiger partial charge in [0.25, 0.3) is 0 Å². The van der Waals surface area contributed by atoms with Gasteiger partial charge < -0.3 is 4.74 Å². The summed E-state index contributed by atoms with van der Waals surface area (Å²) in [6.07, 6.45) is 0. The maximum Gasteiger partial charge on any atom is 0.409 e. The minimum Gasteiger partial charge on any atom is -0.413 e. The molecule has 0 amide bonds. The van der Waals surface area contributed by atoms with Gasteiger partial charge in [0.05, 0.1) is 3.57 Å². The summed E-state index contributed by atoms with van der Waals surface area (Å²) in [5, 5.41) is 0. The quantitative estimate of drug-likeness (QED) is 0.563. The molecule has 1 rings (SSSR count). The number of rotatable bonds is 1. The zero-order valence-electron chi connectivity index (χ0n) is 8.80. The Balaban J connectivity index is 3.11. The molecule has 0 aliphatic heterocycles. The first-order chi connectivity index (χ1) is 6.80. The largest absolute Gasteiger partial charge is 0.413 e. The van der Waals surface area contributed by atoms with Crippen LogP contribution in [0.2, 0.25) is 0 Å². The van der Waals surface area contributed by atoms with Gasteiger partial charge in [-0.1, -0.05) is 26.8 Å². The average molecular weight is 339 g/mol. The molecule has 0 atom stereocenters. The Hall–Kier alpha value is -0.290. The van der Waals surface area contributed by atoms with Crippen molar-refractivity contribution in [3.63, 3.8) is 0 Å². The number of hydrogen-bond acceptors (Lipinski definition) is 2. The fraction of sp³-hybridized carbons (Fsp3) is 0.364. The fourth-order valence-electron chi connectivity index (χ4n) is 1.13. The van der Waals surface area contributed by atoms with Crippen molar-refractivity contribution >= 4 is 39.6 Å². The van der Waals surface area contributed by atoms with Crippen LogP contribution in [0.3, 0.4) is 0 Å². The van der Waals surface area contributed by atoms with Crippen LogP contribution in [0, 0.1) is 3.57 Å². The third-order valence-electron chi connectivity index (χ3n) is 1.99. The second-order valence-electron chi connectivity index (χ2n) is 4.23. The van der Waals surface area contributed by atoms with Crippen molar-refractivity contribution in [2.45, 2.75) is 26.2 Å². The minimum atomic E-state index is -0.807. The maximum atomic E-state index is 10.7. The van der Waals surface area contributed by atoms with Gasteiger partial charge in [-0.3, -0.25) is 0 Å². The molecule has 0 heterocycles. The van der Waals surface area contributed by atoms with E-state index < -0.39 is 5.43 Å². The molecular formula is C11H12ClIO2. The molecule has 0 unspecified atom stereocenters. The molecule has 0 saturated heterocycles. The molecule has 0 saturated carbocycles. The number of ether oxygens (including phenoxy) is 1. The average Bonchev–Trinajstić information content (AvgIpc) is 2.06. The molecule has 0 aliphatic rings. The van der Waals surface area contributed by atoms with Crippen LogP contribution >= 0.6 is 34.2 Å². The van der Waals surface area contributed by atoms with Gasteiger partial charge >= 0.3 is 5.43 Å². The Morgan fingerprint density at radius 1 is 1.40 bits per heavy atom. The third kappa shape index (κ3) is 3.65. The Kier molecular flexibility index (Phi) is 4.00. The van der Waals surface area contributed by atoms with Crippen molar-refractivity contribution in [2.24, 2.45) is 0 Å². The predicted octanol–water partition coefficient (Wildman–Crippen LogP) is 4.33. The Labute approximate surface area is 108 Å². The molecule has 0 aromatic heterocycles. The van der Waals surface area contributed by atoms with Gasteiger partial charge in [-0.15, -0.1) is 0 Å². The van der Waals surface area contributed by atoms with Crippen molar-refractivity contribution in [1.29, 1.82) is 0 Å². The number of benzene rings is 1. The first-order valence-corrected chi connectivity index (χ1v) is 5.94. The van der Waals surface area contributed by atoms with E-state index in [-0.39, 0.29) is 5.41 Å². The molecule has 0 fully saturated rings. The fourth-order valence-corrected chi connectivity index (χ4v) is 1.66. The topological polar surface area (TPSA) is 26.3 Å². The normalized spacial score (nSPS) is 11.3. The number of carbonyl (C=O) groups excluding carboxylic acids is 1. The van der Waals surface area contributed by atoms with Gasteiger partial charge in [-0.2, -0.15) is 0 Å². The number of hydrogen-bond donors (Lipinski definition) is 0. The minimum absolute atomic E-state index is 0.0256. The molecular weight excluding hydrogens is 326 g/mol. The lowest BCUT2D eigenvalue weighted by molar-refractivity contribution is 0.225. The molecule has 0 bridgehead atoms. The first-order valence-electron chi connectivity index (χ1n) is 4.48. The zero-order valence-corrected chi connectivity index (χ0v) is 11.7. The van der Waals surface area contributed by atoms with Gasteiger partial charge in [-0.25, -0.2) is 4.79 Å². The lowest BCUT2D eigenvalue weighted by atomic mass is 9.87. The molecule has 0 radical (unpaired) electrons. The molecule has 82 valence electrons. The highest BCUT2D eigenvalue weighted by Crippen LogP contribution is 2.29. The zero-order chi connectivity index (χ0) is 11.6. The second-order valence-corrected chi connectivity index (χ2v) is 5.71. The monoisotopic (exact) mass is 338 g/mol. The van der Waals surface area contributed by atoms with E-state index in [1.807, 2.05) is 18.2 Å². The summed E-state index contributed by atoms with van der Waals surface area (Å²) in [5.41, 5.74) is 0.326. The Morgan fingerprint density at radius 3 is 2.47 bits per heavy atom. The van der Waals surface area contributed by atoms with Gasteiger partial charge in [0, 0.05) is 11.6 Å². The standard InChI is InChI=1S/C11H12ClIO2/c1-11(2,3)7-4-5-8(13)9(6-7)15-10(12)14/h4-6H,1-3H3. The van der Waals surface area contributed by atoms with Crippen LogP contribution < -0.4 is 4.74 Å². The van der Waals surface area contributed by atoms with E-state index in [1.54, 1.807) is 0 Å². The SMILES string of the molecule is CC(C)(C)c1ccc(I)c(OC(=O)Cl)c1. The van der Waals surface area contributed by atoms with Crippen LogP contribution in [0.25, 0.3) is 0 Å². The van der Waals surface area contributed by atoms with Crippen molar-refractivity contribution in [1.82, 2.24) is 0 Å². The van der Waals surface area contributed by atoms with E-state index in [9.17, 15) is 4.79 Å². The van der Waals surface area contributed by atoms with Crippen LogP contribution in [0.4, 0.5) is 4.79 Å². The number of halogens is 2.